The number of fused-ring (bicyclic) bond motifs is 1. The second-order valence-corrected chi connectivity index (χ2v) is 4.66. The Morgan fingerprint density at radius 1 is 0.950 bits per heavy atom. The first-order chi connectivity index (χ1) is 9.84. The van der Waals surface area contributed by atoms with Gasteiger partial charge in [-0.1, -0.05) is 42.5 Å². The average molecular weight is 266 g/mol. The van der Waals surface area contributed by atoms with Crippen LogP contribution in [0.5, 0.6) is 0 Å². The molecule has 0 atom stereocenters. The lowest BCUT2D eigenvalue weighted by Gasteiger charge is -2.09. The topological polar surface area (TPSA) is 24.9 Å². The summed E-state index contributed by atoms with van der Waals surface area (Å²) in [5.41, 5.74) is 2.62. The lowest BCUT2D eigenvalue weighted by molar-refractivity contribution is 0.637. The van der Waals surface area contributed by atoms with E-state index in [2.05, 4.69) is 22.4 Å². The molecular weight excluding hydrogens is 251 g/mol. The number of pyridine rings is 1. The molecule has 1 aromatic heterocycles. The third-order valence-corrected chi connectivity index (χ3v) is 3.29. The maximum absolute atomic E-state index is 13.7. The van der Waals surface area contributed by atoms with E-state index in [9.17, 15) is 4.39 Å². The van der Waals surface area contributed by atoms with Crippen molar-refractivity contribution in [2.75, 3.05) is 11.9 Å². The molecule has 0 spiro atoms. The minimum absolute atomic E-state index is 0.283. The van der Waals surface area contributed by atoms with Crippen molar-refractivity contribution in [1.82, 2.24) is 4.98 Å². The maximum atomic E-state index is 13.7. The summed E-state index contributed by atoms with van der Waals surface area (Å²) in [5, 5.41) is 4.18. The Balaban J connectivity index is 1.76. The lowest BCUT2D eigenvalue weighted by atomic mass is 10.1. The summed E-state index contributed by atoms with van der Waals surface area (Å²) in [5.74, 6) is -0.283. The fourth-order valence-corrected chi connectivity index (χ4v) is 2.28. The highest BCUT2D eigenvalue weighted by Crippen LogP contribution is 2.23. The van der Waals surface area contributed by atoms with E-state index in [0.717, 1.165) is 24.0 Å². The molecule has 1 N–H and O–H groups in total. The minimum atomic E-state index is -0.283. The zero-order valence-electron chi connectivity index (χ0n) is 11.0. The van der Waals surface area contributed by atoms with Gasteiger partial charge in [-0.15, -0.1) is 0 Å². The van der Waals surface area contributed by atoms with Gasteiger partial charge in [0.1, 0.15) is 11.3 Å². The average Bonchev–Trinajstić information content (AvgIpc) is 2.49. The van der Waals surface area contributed by atoms with Crippen molar-refractivity contribution in [1.29, 1.82) is 0 Å². The standard InChI is InChI=1S/C17H15FN2/c18-15-8-4-7-14-16(10-12-20-17(14)15)19-11-9-13-5-2-1-3-6-13/h1-8,10,12H,9,11H2,(H,19,20). The summed E-state index contributed by atoms with van der Waals surface area (Å²) in [6, 6.07) is 17.2. The number of rotatable bonds is 4. The van der Waals surface area contributed by atoms with Crippen LogP contribution in [-0.2, 0) is 6.42 Å². The van der Waals surface area contributed by atoms with Crippen molar-refractivity contribution in [3.63, 3.8) is 0 Å². The molecule has 1 heterocycles. The molecule has 0 saturated carbocycles. The normalized spacial score (nSPS) is 10.7. The van der Waals surface area contributed by atoms with Gasteiger partial charge in [-0.05, 0) is 24.1 Å². The van der Waals surface area contributed by atoms with Crippen molar-refractivity contribution in [3.05, 3.63) is 72.2 Å². The third-order valence-electron chi connectivity index (χ3n) is 3.29. The van der Waals surface area contributed by atoms with Crippen molar-refractivity contribution in [2.24, 2.45) is 0 Å². The molecule has 3 rings (SSSR count). The van der Waals surface area contributed by atoms with Gasteiger partial charge in [0.05, 0.1) is 0 Å². The molecule has 0 aliphatic heterocycles. The van der Waals surface area contributed by atoms with Gasteiger partial charge >= 0.3 is 0 Å². The zero-order chi connectivity index (χ0) is 13.8. The fraction of sp³-hybridized carbons (Fsp3) is 0.118. The van der Waals surface area contributed by atoms with Gasteiger partial charge in [-0.3, -0.25) is 4.98 Å². The van der Waals surface area contributed by atoms with E-state index in [-0.39, 0.29) is 5.82 Å². The molecule has 0 unspecified atom stereocenters. The molecule has 0 aliphatic rings. The Bertz CT molecular complexity index is 711. The van der Waals surface area contributed by atoms with Gasteiger partial charge in [0.2, 0.25) is 0 Å². The van der Waals surface area contributed by atoms with E-state index in [4.69, 9.17) is 0 Å². The molecule has 20 heavy (non-hydrogen) atoms. The Morgan fingerprint density at radius 3 is 2.65 bits per heavy atom. The van der Waals surface area contributed by atoms with Gasteiger partial charge in [0.15, 0.2) is 0 Å². The molecule has 0 aliphatic carbocycles. The smallest absolute Gasteiger partial charge is 0.149 e. The Hall–Kier alpha value is -2.42. The number of aromatic nitrogens is 1. The van der Waals surface area contributed by atoms with Crippen LogP contribution < -0.4 is 5.32 Å². The van der Waals surface area contributed by atoms with Gasteiger partial charge in [-0.25, -0.2) is 4.39 Å². The second kappa shape index (κ2) is 5.70. The van der Waals surface area contributed by atoms with Crippen molar-refractivity contribution >= 4 is 16.6 Å². The van der Waals surface area contributed by atoms with Crippen molar-refractivity contribution in [3.8, 4) is 0 Å². The molecule has 0 saturated heterocycles. The van der Waals surface area contributed by atoms with E-state index in [1.807, 2.05) is 30.3 Å². The molecule has 3 aromatic rings. The van der Waals surface area contributed by atoms with E-state index in [1.54, 1.807) is 12.3 Å². The number of benzene rings is 2. The van der Waals surface area contributed by atoms with Gasteiger partial charge < -0.3 is 5.32 Å². The Kier molecular flexibility index (Phi) is 3.59. The number of hydrogen-bond donors (Lipinski definition) is 1. The van der Waals surface area contributed by atoms with Crippen LogP contribution in [0.4, 0.5) is 10.1 Å². The molecule has 2 nitrogen and oxygen atoms in total. The van der Waals surface area contributed by atoms with Crippen LogP contribution in [0, 0.1) is 5.82 Å². The number of halogens is 1. The van der Waals surface area contributed by atoms with Crippen molar-refractivity contribution in [2.45, 2.75) is 6.42 Å². The van der Waals surface area contributed by atoms with Gasteiger partial charge in [0.25, 0.3) is 0 Å². The van der Waals surface area contributed by atoms with Crippen LogP contribution in [0.15, 0.2) is 60.8 Å². The summed E-state index contributed by atoms with van der Waals surface area (Å²) in [7, 11) is 0. The number of nitrogens with zero attached hydrogens (tertiary/aromatic N) is 1. The quantitative estimate of drug-likeness (QED) is 0.771. The van der Waals surface area contributed by atoms with Crippen LogP contribution in [0.1, 0.15) is 5.56 Å². The summed E-state index contributed by atoms with van der Waals surface area (Å²) in [4.78, 5) is 4.09. The van der Waals surface area contributed by atoms with Crippen LogP contribution in [0.25, 0.3) is 10.9 Å². The molecule has 0 fully saturated rings. The third kappa shape index (κ3) is 2.62. The number of para-hydroxylation sites is 1. The monoisotopic (exact) mass is 266 g/mol. The van der Waals surface area contributed by atoms with Crippen LogP contribution in [-0.4, -0.2) is 11.5 Å². The van der Waals surface area contributed by atoms with E-state index < -0.39 is 0 Å². The van der Waals surface area contributed by atoms with Crippen LogP contribution in [0.2, 0.25) is 0 Å². The second-order valence-electron chi connectivity index (χ2n) is 4.66. The molecule has 100 valence electrons. The molecule has 0 radical (unpaired) electrons. The molecular formula is C17H15FN2. The first kappa shape index (κ1) is 12.6. The predicted octanol–water partition coefficient (Wildman–Crippen LogP) is 4.03. The summed E-state index contributed by atoms with van der Waals surface area (Å²) in [6.45, 7) is 0.805. The first-order valence-electron chi connectivity index (χ1n) is 6.65. The molecule has 2 aromatic carbocycles. The molecule has 3 heteroatoms. The highest BCUT2D eigenvalue weighted by atomic mass is 19.1. The van der Waals surface area contributed by atoms with E-state index in [0.29, 0.717) is 5.52 Å². The predicted molar refractivity (Wildman–Crippen MR) is 80.3 cm³/mol. The number of hydrogen-bond acceptors (Lipinski definition) is 2. The van der Waals surface area contributed by atoms with Crippen LogP contribution >= 0.6 is 0 Å². The summed E-state index contributed by atoms with van der Waals surface area (Å²) >= 11 is 0. The fourth-order valence-electron chi connectivity index (χ4n) is 2.28. The summed E-state index contributed by atoms with van der Waals surface area (Å²) < 4.78 is 13.7. The Morgan fingerprint density at radius 2 is 1.80 bits per heavy atom. The Labute approximate surface area is 117 Å². The SMILES string of the molecule is Fc1cccc2c(NCCc3ccccc3)ccnc12. The van der Waals surface area contributed by atoms with E-state index >= 15 is 0 Å². The minimum Gasteiger partial charge on any atom is -0.384 e. The summed E-state index contributed by atoms with van der Waals surface area (Å²) in [6.07, 6.45) is 2.57. The number of anilines is 1. The first-order valence-corrected chi connectivity index (χ1v) is 6.65. The zero-order valence-corrected chi connectivity index (χ0v) is 11.0. The highest BCUT2D eigenvalue weighted by molar-refractivity contribution is 5.91. The van der Waals surface area contributed by atoms with Crippen LogP contribution in [0.3, 0.4) is 0 Å². The largest absolute Gasteiger partial charge is 0.384 e. The molecule has 0 bridgehead atoms. The van der Waals surface area contributed by atoms with Crippen molar-refractivity contribution < 1.29 is 4.39 Å². The van der Waals surface area contributed by atoms with Gasteiger partial charge in [-0.2, -0.15) is 0 Å². The molecule has 0 amide bonds. The lowest BCUT2D eigenvalue weighted by Crippen LogP contribution is -2.05. The highest BCUT2D eigenvalue weighted by Gasteiger charge is 2.05. The van der Waals surface area contributed by atoms with Gasteiger partial charge in [0, 0.05) is 23.8 Å². The maximum Gasteiger partial charge on any atom is 0.149 e. The number of nitrogens with one attached hydrogen (secondary N) is 1. The van der Waals surface area contributed by atoms with E-state index in [1.165, 1.54) is 11.6 Å².